The van der Waals surface area contributed by atoms with E-state index in [0.29, 0.717) is 18.0 Å². The summed E-state index contributed by atoms with van der Waals surface area (Å²) in [5.74, 6) is 0.417. The average molecular weight is 372 g/mol. The highest BCUT2D eigenvalue weighted by molar-refractivity contribution is 5.78. The van der Waals surface area contributed by atoms with Crippen molar-refractivity contribution >= 4 is 5.91 Å². The average Bonchev–Trinajstić information content (AvgIpc) is 2.98. The van der Waals surface area contributed by atoms with Gasteiger partial charge in [0.05, 0.1) is 0 Å². The minimum atomic E-state index is 0.111. The van der Waals surface area contributed by atoms with E-state index in [4.69, 9.17) is 0 Å². The van der Waals surface area contributed by atoms with Gasteiger partial charge in [0.15, 0.2) is 0 Å². The monoisotopic (exact) mass is 371 g/mol. The molecule has 27 heavy (non-hydrogen) atoms. The van der Waals surface area contributed by atoms with Crippen LogP contribution in [-0.2, 0) is 4.79 Å². The number of rotatable bonds is 6. The van der Waals surface area contributed by atoms with Gasteiger partial charge in [-0.2, -0.15) is 0 Å². The van der Waals surface area contributed by atoms with E-state index in [-0.39, 0.29) is 5.92 Å². The Kier molecular flexibility index (Phi) is 7.71. The van der Waals surface area contributed by atoms with Gasteiger partial charge in [-0.1, -0.05) is 57.0 Å². The number of likely N-dealkylation sites (tertiary alicyclic amines) is 2. The van der Waals surface area contributed by atoms with Crippen molar-refractivity contribution in [1.82, 2.24) is 15.1 Å². The molecule has 1 aromatic rings. The number of nitrogens with one attached hydrogen (secondary N) is 1. The van der Waals surface area contributed by atoms with Crippen LogP contribution in [0.5, 0.6) is 0 Å². The highest BCUT2D eigenvalue weighted by Crippen LogP contribution is 2.24. The molecule has 4 heteroatoms. The van der Waals surface area contributed by atoms with Crippen LogP contribution in [0.1, 0.15) is 64.0 Å². The molecule has 0 spiro atoms. The van der Waals surface area contributed by atoms with Crippen LogP contribution >= 0.6 is 0 Å². The maximum atomic E-state index is 12.2. The van der Waals surface area contributed by atoms with Crippen molar-refractivity contribution in [1.29, 1.82) is 0 Å². The molecule has 150 valence electrons. The van der Waals surface area contributed by atoms with Crippen molar-refractivity contribution < 1.29 is 4.79 Å². The van der Waals surface area contributed by atoms with Gasteiger partial charge in [0, 0.05) is 37.6 Å². The fourth-order valence-electron chi connectivity index (χ4n) is 4.49. The van der Waals surface area contributed by atoms with Crippen LogP contribution in [0.25, 0.3) is 0 Å². The zero-order chi connectivity index (χ0) is 19.1. The van der Waals surface area contributed by atoms with E-state index < -0.39 is 0 Å². The number of benzene rings is 1. The van der Waals surface area contributed by atoms with Gasteiger partial charge in [-0.15, -0.1) is 0 Å². The molecule has 0 radical (unpaired) electrons. The van der Waals surface area contributed by atoms with Crippen molar-refractivity contribution in [2.45, 2.75) is 64.5 Å². The molecular formula is C23H37N3O. The molecule has 1 amide bonds. The van der Waals surface area contributed by atoms with Gasteiger partial charge in [-0.05, 0) is 44.3 Å². The van der Waals surface area contributed by atoms with E-state index in [1.807, 2.05) is 18.7 Å². The maximum absolute atomic E-state index is 12.2. The smallest absolute Gasteiger partial charge is 0.225 e. The molecule has 2 aliphatic heterocycles. The molecule has 2 saturated heterocycles. The summed E-state index contributed by atoms with van der Waals surface area (Å²) in [4.78, 5) is 16.9. The number of hydrogen-bond acceptors (Lipinski definition) is 3. The zero-order valence-corrected chi connectivity index (χ0v) is 17.2. The Morgan fingerprint density at radius 3 is 2.22 bits per heavy atom. The van der Waals surface area contributed by atoms with E-state index in [0.717, 1.165) is 32.5 Å². The number of carbonyl (C=O) groups is 1. The quantitative estimate of drug-likeness (QED) is 0.825. The first-order valence-corrected chi connectivity index (χ1v) is 11.0. The van der Waals surface area contributed by atoms with Gasteiger partial charge in [-0.3, -0.25) is 9.69 Å². The van der Waals surface area contributed by atoms with Crippen LogP contribution in [0.3, 0.4) is 0 Å². The SMILES string of the molecule is CC(C)C(=O)N1CCC(NCC(c2ccccc2)N2CCCCCC2)CC1. The largest absolute Gasteiger partial charge is 0.342 e. The van der Waals surface area contributed by atoms with Crippen molar-refractivity contribution in [3.63, 3.8) is 0 Å². The van der Waals surface area contributed by atoms with Gasteiger partial charge >= 0.3 is 0 Å². The van der Waals surface area contributed by atoms with E-state index in [2.05, 4.69) is 40.5 Å². The topological polar surface area (TPSA) is 35.6 Å². The molecule has 2 heterocycles. The molecule has 0 aliphatic carbocycles. The first-order chi connectivity index (χ1) is 13.1. The van der Waals surface area contributed by atoms with E-state index >= 15 is 0 Å². The summed E-state index contributed by atoms with van der Waals surface area (Å²) in [5, 5.41) is 3.85. The number of amides is 1. The number of nitrogens with zero attached hydrogens (tertiary/aromatic N) is 2. The Bertz CT molecular complexity index is 558. The van der Waals surface area contributed by atoms with Crippen molar-refractivity contribution in [2.75, 3.05) is 32.7 Å². The molecule has 2 aliphatic rings. The van der Waals surface area contributed by atoms with Crippen LogP contribution in [0.4, 0.5) is 0 Å². The number of piperidine rings is 1. The number of hydrogen-bond donors (Lipinski definition) is 1. The second kappa shape index (κ2) is 10.2. The molecule has 3 rings (SSSR count). The summed E-state index contributed by atoms with van der Waals surface area (Å²) in [6.07, 6.45) is 7.51. The standard InChI is InChI=1S/C23H37N3O/c1-19(2)23(27)26-16-12-21(13-17-26)24-18-22(20-10-6-5-7-11-20)25-14-8-3-4-9-15-25/h5-7,10-11,19,21-22,24H,3-4,8-9,12-18H2,1-2H3. The number of carbonyl (C=O) groups excluding carboxylic acids is 1. The summed E-state index contributed by atoms with van der Waals surface area (Å²) in [6, 6.07) is 12.0. The molecule has 1 unspecified atom stereocenters. The van der Waals surface area contributed by atoms with E-state index in [1.165, 1.54) is 44.3 Å². The lowest BCUT2D eigenvalue weighted by Gasteiger charge is -2.36. The molecule has 0 bridgehead atoms. The van der Waals surface area contributed by atoms with E-state index in [1.54, 1.807) is 0 Å². The second-order valence-corrected chi connectivity index (χ2v) is 8.54. The molecule has 0 saturated carbocycles. The van der Waals surface area contributed by atoms with Crippen LogP contribution in [-0.4, -0.2) is 54.5 Å². The van der Waals surface area contributed by atoms with Gasteiger partial charge in [0.1, 0.15) is 0 Å². The van der Waals surface area contributed by atoms with Crippen molar-refractivity contribution in [3.8, 4) is 0 Å². The Balaban J connectivity index is 1.56. The summed E-state index contributed by atoms with van der Waals surface area (Å²) < 4.78 is 0. The third-order valence-corrected chi connectivity index (χ3v) is 6.17. The highest BCUT2D eigenvalue weighted by atomic mass is 16.2. The molecule has 1 atom stereocenters. The molecule has 1 aromatic carbocycles. The fraction of sp³-hybridized carbons (Fsp3) is 0.696. The first kappa shape index (κ1) is 20.3. The third-order valence-electron chi connectivity index (χ3n) is 6.17. The first-order valence-electron chi connectivity index (χ1n) is 11.0. The van der Waals surface area contributed by atoms with Crippen molar-refractivity contribution in [2.24, 2.45) is 5.92 Å². The Hall–Kier alpha value is -1.39. The Morgan fingerprint density at radius 1 is 1.00 bits per heavy atom. The molecule has 0 aromatic heterocycles. The summed E-state index contributed by atoms with van der Waals surface area (Å²) in [7, 11) is 0. The van der Waals surface area contributed by atoms with E-state index in [9.17, 15) is 4.79 Å². The predicted octanol–water partition coefficient (Wildman–Crippen LogP) is 3.84. The van der Waals surface area contributed by atoms with Gasteiger partial charge in [0.2, 0.25) is 5.91 Å². The Morgan fingerprint density at radius 2 is 1.63 bits per heavy atom. The minimum Gasteiger partial charge on any atom is -0.342 e. The lowest BCUT2D eigenvalue weighted by atomic mass is 10.0. The third kappa shape index (κ3) is 5.79. The van der Waals surface area contributed by atoms with Gasteiger partial charge < -0.3 is 10.2 Å². The molecule has 4 nitrogen and oxygen atoms in total. The predicted molar refractivity (Wildman–Crippen MR) is 112 cm³/mol. The zero-order valence-electron chi connectivity index (χ0n) is 17.2. The van der Waals surface area contributed by atoms with Crippen LogP contribution < -0.4 is 5.32 Å². The lowest BCUT2D eigenvalue weighted by Crippen LogP contribution is -2.48. The van der Waals surface area contributed by atoms with Crippen molar-refractivity contribution in [3.05, 3.63) is 35.9 Å². The summed E-state index contributed by atoms with van der Waals surface area (Å²) in [5.41, 5.74) is 1.43. The Labute approximate surface area is 165 Å². The second-order valence-electron chi connectivity index (χ2n) is 8.54. The lowest BCUT2D eigenvalue weighted by molar-refractivity contribution is -0.135. The summed E-state index contributed by atoms with van der Waals surface area (Å²) >= 11 is 0. The molecule has 1 N–H and O–H groups in total. The molecule has 2 fully saturated rings. The fourth-order valence-corrected chi connectivity index (χ4v) is 4.49. The van der Waals surface area contributed by atoms with Gasteiger partial charge in [-0.25, -0.2) is 0 Å². The van der Waals surface area contributed by atoms with Crippen LogP contribution in [0, 0.1) is 5.92 Å². The minimum absolute atomic E-state index is 0.111. The summed E-state index contributed by atoms with van der Waals surface area (Å²) in [6.45, 7) is 9.22. The van der Waals surface area contributed by atoms with Gasteiger partial charge in [0.25, 0.3) is 0 Å². The van der Waals surface area contributed by atoms with Crippen LogP contribution in [0.2, 0.25) is 0 Å². The van der Waals surface area contributed by atoms with Crippen LogP contribution in [0.15, 0.2) is 30.3 Å². The normalized spacial score (nSPS) is 21.2. The highest BCUT2D eigenvalue weighted by Gasteiger charge is 2.26. The molecular weight excluding hydrogens is 334 g/mol. The maximum Gasteiger partial charge on any atom is 0.225 e.